The van der Waals surface area contributed by atoms with E-state index in [1.807, 2.05) is 6.07 Å². The smallest absolute Gasteiger partial charge is 0.334 e. The Morgan fingerprint density at radius 1 is 1.08 bits per heavy atom. The summed E-state index contributed by atoms with van der Waals surface area (Å²) in [5, 5.41) is 25.1. The van der Waals surface area contributed by atoms with E-state index in [4.69, 9.17) is 11.6 Å². The molecule has 4 rings (SSSR count). The van der Waals surface area contributed by atoms with E-state index in [2.05, 4.69) is 10.4 Å². The van der Waals surface area contributed by atoms with E-state index in [-0.39, 0.29) is 26.8 Å². The van der Waals surface area contributed by atoms with Gasteiger partial charge in [0.25, 0.3) is 5.91 Å². The van der Waals surface area contributed by atoms with E-state index < -0.39 is 46.5 Å². The van der Waals surface area contributed by atoms with Crippen molar-refractivity contribution < 1.29 is 35.5 Å². The number of amides is 1. The molecule has 15 heteroatoms. The molecule has 1 aliphatic rings. The SMILES string of the molecule is Cn1c(C(F)(C(F)(F)F)C(F)(F)F)cc(C#N)c1-n1cc(-c2ccc(Cl)c(C(=O)NC3(C#N)CC3)c2)cn1. The van der Waals surface area contributed by atoms with Gasteiger partial charge < -0.3 is 9.88 Å². The molecule has 2 aromatic heterocycles. The van der Waals surface area contributed by atoms with Gasteiger partial charge in [-0.05, 0) is 36.6 Å². The fourth-order valence-corrected chi connectivity index (χ4v) is 4.08. The third-order valence-electron chi connectivity index (χ3n) is 6.12. The largest absolute Gasteiger partial charge is 0.437 e. The van der Waals surface area contributed by atoms with Crippen LogP contribution in [0, 0.1) is 22.7 Å². The molecular formula is C23H14ClF7N6O. The summed E-state index contributed by atoms with van der Waals surface area (Å²) in [4.78, 5) is 12.7. The highest BCUT2D eigenvalue weighted by atomic mass is 35.5. The topological polar surface area (TPSA) is 99.4 Å². The quantitative estimate of drug-likeness (QED) is 0.419. The van der Waals surface area contributed by atoms with Crippen molar-refractivity contribution in [1.29, 1.82) is 10.5 Å². The number of hydrogen-bond donors (Lipinski definition) is 1. The lowest BCUT2D eigenvalue weighted by Crippen LogP contribution is -2.51. The van der Waals surface area contributed by atoms with Gasteiger partial charge in [-0.25, -0.2) is 9.07 Å². The third-order valence-corrected chi connectivity index (χ3v) is 6.45. The zero-order valence-corrected chi connectivity index (χ0v) is 19.8. The number of halogens is 8. The normalized spacial score (nSPS) is 15.0. The van der Waals surface area contributed by atoms with Crippen molar-refractivity contribution in [1.82, 2.24) is 19.7 Å². The first-order valence-electron chi connectivity index (χ1n) is 10.6. The number of alkyl halides is 7. The molecule has 1 fully saturated rings. The summed E-state index contributed by atoms with van der Waals surface area (Å²) in [5.41, 5.74) is -8.71. The van der Waals surface area contributed by atoms with Crippen molar-refractivity contribution in [3.05, 3.63) is 58.5 Å². The standard InChI is InChI=1S/C23H14ClF7N6O/c1-36-17(21(25,22(26,27)28)23(29,30)31)7-13(8-32)19(36)37-10-14(9-34-37)12-2-3-16(24)15(6-12)18(38)35-20(11-33)4-5-20/h2-3,6-7,9-10H,4-5H2,1H3,(H,35,38). The zero-order chi connectivity index (χ0) is 28.3. The van der Waals surface area contributed by atoms with E-state index in [1.54, 1.807) is 0 Å². The number of benzene rings is 1. The molecule has 1 N–H and O–H groups in total. The van der Waals surface area contributed by atoms with E-state index >= 15 is 0 Å². The molecule has 0 aliphatic heterocycles. The Morgan fingerprint density at radius 3 is 2.24 bits per heavy atom. The lowest BCUT2D eigenvalue weighted by molar-refractivity contribution is -0.350. The van der Waals surface area contributed by atoms with Crippen molar-refractivity contribution in [2.45, 2.75) is 36.4 Å². The summed E-state index contributed by atoms with van der Waals surface area (Å²) in [7, 11) is 0.742. The van der Waals surface area contributed by atoms with E-state index in [0.717, 1.165) is 11.7 Å². The molecule has 7 nitrogen and oxygen atoms in total. The van der Waals surface area contributed by atoms with Crippen molar-refractivity contribution in [2.75, 3.05) is 0 Å². The fraction of sp³-hybridized carbons (Fsp3) is 0.304. The molecule has 1 aromatic carbocycles. The summed E-state index contributed by atoms with van der Waals surface area (Å²) in [6.45, 7) is 0. The number of nitrogens with one attached hydrogen (secondary N) is 1. The molecule has 1 aliphatic carbocycles. The summed E-state index contributed by atoms with van der Waals surface area (Å²) in [5.74, 6) is -1.18. The second kappa shape index (κ2) is 8.77. The van der Waals surface area contributed by atoms with Crippen LogP contribution in [0.25, 0.3) is 16.9 Å². The van der Waals surface area contributed by atoms with Crippen molar-refractivity contribution >= 4 is 17.5 Å². The molecule has 2 heterocycles. The monoisotopic (exact) mass is 558 g/mol. The average molecular weight is 559 g/mol. The van der Waals surface area contributed by atoms with E-state index in [1.165, 1.54) is 36.7 Å². The predicted molar refractivity (Wildman–Crippen MR) is 118 cm³/mol. The first-order chi connectivity index (χ1) is 17.6. The minimum atomic E-state index is -6.37. The van der Waals surface area contributed by atoms with Gasteiger partial charge in [0.2, 0.25) is 0 Å². The highest BCUT2D eigenvalue weighted by Gasteiger charge is 2.75. The number of nitriles is 2. The van der Waals surface area contributed by atoms with Crippen molar-refractivity contribution in [3.63, 3.8) is 0 Å². The summed E-state index contributed by atoms with van der Waals surface area (Å²) in [6, 6.07) is 7.84. The van der Waals surface area contributed by atoms with Gasteiger partial charge in [-0.15, -0.1) is 0 Å². The van der Waals surface area contributed by atoms with Gasteiger partial charge >= 0.3 is 18.0 Å². The molecule has 0 radical (unpaired) electrons. The second-order valence-corrected chi connectivity index (χ2v) is 9.02. The predicted octanol–water partition coefficient (Wildman–Crippen LogP) is 5.48. The van der Waals surface area contributed by atoms with Crippen LogP contribution >= 0.6 is 11.6 Å². The molecule has 0 saturated heterocycles. The Hall–Kier alpha value is -4.04. The lowest BCUT2D eigenvalue weighted by atomic mass is 10.00. The Morgan fingerprint density at radius 2 is 1.71 bits per heavy atom. The van der Waals surface area contributed by atoms with Crippen LogP contribution in [0.5, 0.6) is 0 Å². The minimum absolute atomic E-state index is 0.00914. The maximum atomic E-state index is 14.7. The number of hydrogen-bond acceptors (Lipinski definition) is 4. The Kier molecular flexibility index (Phi) is 6.23. The van der Waals surface area contributed by atoms with Crippen molar-refractivity contribution in [2.24, 2.45) is 7.05 Å². The summed E-state index contributed by atoms with van der Waals surface area (Å²) >= 11 is 6.13. The molecule has 1 amide bonds. The summed E-state index contributed by atoms with van der Waals surface area (Å²) < 4.78 is 95.8. The van der Waals surface area contributed by atoms with Gasteiger partial charge in [-0.2, -0.15) is 42.0 Å². The molecule has 0 bridgehead atoms. The zero-order valence-electron chi connectivity index (χ0n) is 19.0. The minimum Gasteiger partial charge on any atom is -0.334 e. The van der Waals surface area contributed by atoms with Gasteiger partial charge in [0.15, 0.2) is 5.82 Å². The van der Waals surface area contributed by atoms with Crippen molar-refractivity contribution in [3.8, 4) is 29.1 Å². The van der Waals surface area contributed by atoms with Crippen LogP contribution < -0.4 is 5.32 Å². The van der Waals surface area contributed by atoms with E-state index in [0.29, 0.717) is 18.4 Å². The van der Waals surface area contributed by atoms with Crippen LogP contribution in [-0.2, 0) is 12.7 Å². The third kappa shape index (κ3) is 4.24. The molecule has 0 atom stereocenters. The molecule has 0 unspecified atom stereocenters. The van der Waals surface area contributed by atoms with E-state index in [9.17, 15) is 46.1 Å². The summed E-state index contributed by atoms with van der Waals surface area (Å²) in [6.07, 6.45) is -9.46. The molecule has 3 aromatic rings. The van der Waals surface area contributed by atoms with Crippen LogP contribution in [-0.4, -0.2) is 38.1 Å². The fourth-order valence-electron chi connectivity index (χ4n) is 3.87. The van der Waals surface area contributed by atoms with Gasteiger partial charge in [0, 0.05) is 18.8 Å². The first-order valence-corrected chi connectivity index (χ1v) is 11.0. The van der Waals surface area contributed by atoms with Crippen LogP contribution in [0.4, 0.5) is 30.7 Å². The Balaban J connectivity index is 1.76. The highest BCUT2D eigenvalue weighted by Crippen LogP contribution is 2.54. The molecule has 0 spiro atoms. The molecular weight excluding hydrogens is 545 g/mol. The van der Waals surface area contributed by atoms with Crippen LogP contribution in [0.15, 0.2) is 36.7 Å². The number of aromatic nitrogens is 3. The van der Waals surface area contributed by atoms with Gasteiger partial charge in [-0.1, -0.05) is 17.7 Å². The molecule has 1 saturated carbocycles. The Labute approximate surface area is 214 Å². The maximum Gasteiger partial charge on any atom is 0.437 e. The van der Waals surface area contributed by atoms with Crippen LogP contribution in [0.1, 0.15) is 34.5 Å². The maximum absolute atomic E-state index is 14.7. The average Bonchev–Trinajstić information content (AvgIpc) is 3.28. The molecule has 198 valence electrons. The number of nitrogens with zero attached hydrogens (tertiary/aromatic N) is 5. The molecule has 38 heavy (non-hydrogen) atoms. The lowest BCUT2D eigenvalue weighted by Gasteiger charge is -2.30. The second-order valence-electron chi connectivity index (χ2n) is 8.61. The van der Waals surface area contributed by atoms with Crippen LogP contribution in [0.2, 0.25) is 5.02 Å². The van der Waals surface area contributed by atoms with Gasteiger partial charge in [-0.3, -0.25) is 4.79 Å². The Bertz CT molecular complexity index is 1500. The number of rotatable bonds is 5. The number of carbonyl (C=O) groups excluding carboxylic acids is 1. The van der Waals surface area contributed by atoms with Crippen LogP contribution in [0.3, 0.4) is 0 Å². The first kappa shape index (κ1) is 27.0. The highest BCUT2D eigenvalue weighted by molar-refractivity contribution is 6.34. The van der Waals surface area contributed by atoms with Gasteiger partial charge in [0.05, 0.1) is 34.1 Å². The number of carbonyl (C=O) groups is 1. The van der Waals surface area contributed by atoms with Gasteiger partial charge in [0.1, 0.15) is 11.6 Å².